The van der Waals surface area contributed by atoms with Crippen molar-refractivity contribution in [3.05, 3.63) is 71.5 Å². The summed E-state index contributed by atoms with van der Waals surface area (Å²) in [6.07, 6.45) is 2.09. The molecular formula is C16H17F. The summed E-state index contributed by atoms with van der Waals surface area (Å²) in [6, 6.07) is 17.3. The van der Waals surface area contributed by atoms with Crippen molar-refractivity contribution in [3.8, 4) is 0 Å². The second kappa shape index (κ2) is 5.62. The second-order valence-corrected chi connectivity index (χ2v) is 4.35. The van der Waals surface area contributed by atoms with Gasteiger partial charge in [0.15, 0.2) is 0 Å². The van der Waals surface area contributed by atoms with E-state index in [0.29, 0.717) is 5.92 Å². The molecule has 2 aromatic rings. The van der Waals surface area contributed by atoms with Gasteiger partial charge in [-0.25, -0.2) is 4.39 Å². The Morgan fingerprint density at radius 2 is 1.59 bits per heavy atom. The first kappa shape index (κ1) is 11.8. The van der Waals surface area contributed by atoms with E-state index in [1.807, 2.05) is 18.2 Å². The number of rotatable bonds is 4. The van der Waals surface area contributed by atoms with Crippen LogP contribution in [0.5, 0.6) is 0 Å². The van der Waals surface area contributed by atoms with Gasteiger partial charge in [-0.2, -0.15) is 0 Å². The molecule has 0 fully saturated rings. The lowest BCUT2D eigenvalue weighted by atomic mass is 9.90. The predicted molar refractivity (Wildman–Crippen MR) is 69.6 cm³/mol. The third-order valence-corrected chi connectivity index (χ3v) is 3.16. The Bertz CT molecular complexity index is 445. The van der Waals surface area contributed by atoms with Gasteiger partial charge in [-0.05, 0) is 42.0 Å². The first-order valence-corrected chi connectivity index (χ1v) is 6.09. The van der Waals surface area contributed by atoms with Crippen LogP contribution in [0.15, 0.2) is 54.6 Å². The minimum Gasteiger partial charge on any atom is -0.207 e. The van der Waals surface area contributed by atoms with Crippen LogP contribution in [0.3, 0.4) is 0 Å². The number of halogens is 1. The third-order valence-electron chi connectivity index (χ3n) is 3.16. The van der Waals surface area contributed by atoms with Crippen LogP contribution in [-0.2, 0) is 6.42 Å². The van der Waals surface area contributed by atoms with Gasteiger partial charge in [0.05, 0.1) is 0 Å². The largest absolute Gasteiger partial charge is 0.207 e. The van der Waals surface area contributed by atoms with Gasteiger partial charge in [0.1, 0.15) is 5.82 Å². The fourth-order valence-corrected chi connectivity index (χ4v) is 2.13. The van der Waals surface area contributed by atoms with Crippen LogP contribution in [0.1, 0.15) is 30.4 Å². The quantitative estimate of drug-likeness (QED) is 0.719. The second-order valence-electron chi connectivity index (χ2n) is 4.35. The Hall–Kier alpha value is -1.63. The van der Waals surface area contributed by atoms with E-state index >= 15 is 0 Å². The van der Waals surface area contributed by atoms with Crippen LogP contribution in [0, 0.1) is 5.82 Å². The molecule has 0 aliphatic rings. The van der Waals surface area contributed by atoms with E-state index < -0.39 is 0 Å². The molecule has 0 spiro atoms. The SMILES string of the molecule is CCC(Cc1ccccc1)c1ccc(F)cc1. The molecule has 0 amide bonds. The average Bonchev–Trinajstić information content (AvgIpc) is 2.38. The lowest BCUT2D eigenvalue weighted by Crippen LogP contribution is -2.01. The van der Waals surface area contributed by atoms with Crippen LogP contribution in [0.25, 0.3) is 0 Å². The van der Waals surface area contributed by atoms with E-state index in [0.717, 1.165) is 12.8 Å². The Kier molecular flexibility index (Phi) is 3.92. The van der Waals surface area contributed by atoms with Crippen LogP contribution in [0.4, 0.5) is 4.39 Å². The maximum absolute atomic E-state index is 12.9. The molecule has 0 saturated heterocycles. The fraction of sp³-hybridized carbons (Fsp3) is 0.250. The highest BCUT2D eigenvalue weighted by Gasteiger charge is 2.10. The highest BCUT2D eigenvalue weighted by molar-refractivity contribution is 5.24. The van der Waals surface area contributed by atoms with E-state index in [2.05, 4.69) is 31.2 Å². The molecular weight excluding hydrogens is 211 g/mol. The zero-order valence-electron chi connectivity index (χ0n) is 10.1. The van der Waals surface area contributed by atoms with Gasteiger partial charge in [-0.1, -0.05) is 49.4 Å². The summed E-state index contributed by atoms with van der Waals surface area (Å²) in [5.41, 5.74) is 2.56. The minimum absolute atomic E-state index is 0.164. The molecule has 2 aromatic carbocycles. The molecule has 1 unspecified atom stereocenters. The average molecular weight is 228 g/mol. The van der Waals surface area contributed by atoms with Gasteiger partial charge in [-0.3, -0.25) is 0 Å². The molecule has 2 rings (SSSR count). The summed E-state index contributed by atoms with van der Waals surface area (Å²) in [4.78, 5) is 0. The summed E-state index contributed by atoms with van der Waals surface area (Å²) in [5.74, 6) is 0.307. The Morgan fingerprint density at radius 3 is 2.18 bits per heavy atom. The topological polar surface area (TPSA) is 0 Å². The highest BCUT2D eigenvalue weighted by atomic mass is 19.1. The molecule has 88 valence electrons. The summed E-state index contributed by atoms with van der Waals surface area (Å²) in [6.45, 7) is 2.18. The van der Waals surface area contributed by atoms with Gasteiger partial charge in [-0.15, -0.1) is 0 Å². The molecule has 0 heterocycles. The van der Waals surface area contributed by atoms with Crippen molar-refractivity contribution in [2.24, 2.45) is 0 Å². The van der Waals surface area contributed by atoms with Crippen molar-refractivity contribution < 1.29 is 4.39 Å². The Morgan fingerprint density at radius 1 is 0.941 bits per heavy atom. The Balaban J connectivity index is 2.14. The maximum atomic E-state index is 12.9. The molecule has 17 heavy (non-hydrogen) atoms. The minimum atomic E-state index is -0.164. The predicted octanol–water partition coefficient (Wildman–Crippen LogP) is 4.56. The van der Waals surface area contributed by atoms with E-state index in [1.165, 1.54) is 11.1 Å². The first-order chi connectivity index (χ1) is 8.29. The molecule has 0 aliphatic heterocycles. The van der Waals surface area contributed by atoms with Crippen molar-refractivity contribution in [2.45, 2.75) is 25.7 Å². The van der Waals surface area contributed by atoms with Crippen LogP contribution >= 0.6 is 0 Å². The zero-order chi connectivity index (χ0) is 12.1. The molecule has 1 atom stereocenters. The normalized spacial score (nSPS) is 12.4. The van der Waals surface area contributed by atoms with Crippen molar-refractivity contribution in [1.82, 2.24) is 0 Å². The molecule has 0 aromatic heterocycles. The number of hydrogen-bond donors (Lipinski definition) is 0. The van der Waals surface area contributed by atoms with Crippen LogP contribution in [0.2, 0.25) is 0 Å². The summed E-state index contributed by atoms with van der Waals surface area (Å²) >= 11 is 0. The summed E-state index contributed by atoms with van der Waals surface area (Å²) in [7, 11) is 0. The van der Waals surface area contributed by atoms with Gasteiger partial charge in [0, 0.05) is 0 Å². The monoisotopic (exact) mass is 228 g/mol. The lowest BCUT2D eigenvalue weighted by Gasteiger charge is -2.15. The molecule has 0 nitrogen and oxygen atoms in total. The van der Waals surface area contributed by atoms with Crippen LogP contribution < -0.4 is 0 Å². The summed E-state index contributed by atoms with van der Waals surface area (Å²) in [5, 5.41) is 0. The third kappa shape index (κ3) is 3.16. The smallest absolute Gasteiger partial charge is 0.123 e. The van der Waals surface area contributed by atoms with E-state index in [4.69, 9.17) is 0 Å². The molecule has 0 aliphatic carbocycles. The summed E-state index contributed by atoms with van der Waals surface area (Å²) < 4.78 is 12.9. The molecule has 0 N–H and O–H groups in total. The van der Waals surface area contributed by atoms with Gasteiger partial charge < -0.3 is 0 Å². The van der Waals surface area contributed by atoms with Gasteiger partial charge in [0.25, 0.3) is 0 Å². The number of hydrogen-bond acceptors (Lipinski definition) is 0. The molecule has 0 radical (unpaired) electrons. The Labute approximate surface area is 102 Å². The highest BCUT2D eigenvalue weighted by Crippen LogP contribution is 2.24. The van der Waals surface area contributed by atoms with Crippen molar-refractivity contribution in [1.29, 1.82) is 0 Å². The fourth-order valence-electron chi connectivity index (χ4n) is 2.13. The first-order valence-electron chi connectivity index (χ1n) is 6.09. The van der Waals surface area contributed by atoms with Crippen molar-refractivity contribution >= 4 is 0 Å². The molecule has 0 saturated carbocycles. The van der Waals surface area contributed by atoms with Gasteiger partial charge >= 0.3 is 0 Å². The van der Waals surface area contributed by atoms with E-state index in [-0.39, 0.29) is 5.82 Å². The van der Waals surface area contributed by atoms with Crippen LogP contribution in [-0.4, -0.2) is 0 Å². The van der Waals surface area contributed by atoms with E-state index in [1.54, 1.807) is 12.1 Å². The van der Waals surface area contributed by atoms with Crippen molar-refractivity contribution in [3.63, 3.8) is 0 Å². The standard InChI is InChI=1S/C16H17F/c1-2-14(12-13-6-4-3-5-7-13)15-8-10-16(17)11-9-15/h3-11,14H,2,12H2,1H3. The van der Waals surface area contributed by atoms with Crippen molar-refractivity contribution in [2.75, 3.05) is 0 Å². The maximum Gasteiger partial charge on any atom is 0.123 e. The van der Waals surface area contributed by atoms with Gasteiger partial charge in [0.2, 0.25) is 0 Å². The van der Waals surface area contributed by atoms with E-state index in [9.17, 15) is 4.39 Å². The molecule has 0 bridgehead atoms. The number of benzene rings is 2. The zero-order valence-corrected chi connectivity index (χ0v) is 10.1. The molecule has 1 heteroatoms. The lowest BCUT2D eigenvalue weighted by molar-refractivity contribution is 0.620.